The third-order valence-corrected chi connectivity index (χ3v) is 4.58. The minimum atomic E-state index is -1.05. The average molecular weight is 407 g/mol. The molecular formula is C24H22FNO4. The lowest BCUT2D eigenvalue weighted by Crippen LogP contribution is -2.15. The molecule has 3 rings (SSSR count). The predicted octanol–water partition coefficient (Wildman–Crippen LogP) is 4.90. The molecule has 3 aromatic carbocycles. The summed E-state index contributed by atoms with van der Waals surface area (Å²) in [6.07, 6.45) is -0.287. The highest BCUT2D eigenvalue weighted by Crippen LogP contribution is 2.22. The van der Waals surface area contributed by atoms with Gasteiger partial charge in [0.25, 0.3) is 5.91 Å². The predicted molar refractivity (Wildman–Crippen MR) is 112 cm³/mol. The fourth-order valence-corrected chi connectivity index (χ4v) is 3.04. The van der Waals surface area contributed by atoms with Crippen LogP contribution in [-0.2, 0) is 17.8 Å². The number of hydrogen-bond donors (Lipinski definition) is 2. The Balaban J connectivity index is 1.72. The van der Waals surface area contributed by atoms with Gasteiger partial charge in [0, 0.05) is 5.56 Å². The van der Waals surface area contributed by atoms with Crippen LogP contribution < -0.4 is 10.1 Å². The first-order valence-electron chi connectivity index (χ1n) is 9.42. The van der Waals surface area contributed by atoms with Gasteiger partial charge >= 0.3 is 5.97 Å². The topological polar surface area (TPSA) is 75.6 Å². The molecule has 0 atom stereocenters. The average Bonchev–Trinajstić information content (AvgIpc) is 2.69. The number of aliphatic carboxylic acids is 1. The standard InChI is InChI=1S/C24H22FNO4/c1-15-4-3-5-18(10-15)14-30-19-8-6-16(2)20(13-19)24(29)26-22-9-7-17(11-21(22)25)12-23(27)28/h3-11,13H,12,14H2,1-2H3,(H,26,29)(H,27,28). The lowest BCUT2D eigenvalue weighted by Gasteiger charge is -2.12. The number of carbonyl (C=O) groups is 2. The number of ether oxygens (including phenoxy) is 1. The van der Waals surface area contributed by atoms with Crippen molar-refractivity contribution in [2.24, 2.45) is 0 Å². The number of carboxylic acid groups (broad SMARTS) is 1. The van der Waals surface area contributed by atoms with Crippen molar-refractivity contribution in [2.45, 2.75) is 26.9 Å². The van der Waals surface area contributed by atoms with E-state index in [4.69, 9.17) is 9.84 Å². The quantitative estimate of drug-likeness (QED) is 0.584. The van der Waals surface area contributed by atoms with Crippen molar-refractivity contribution in [3.63, 3.8) is 0 Å². The molecule has 0 spiro atoms. The van der Waals surface area contributed by atoms with Crippen LogP contribution in [0, 0.1) is 19.7 Å². The van der Waals surface area contributed by atoms with E-state index in [-0.39, 0.29) is 12.1 Å². The molecule has 6 heteroatoms. The van der Waals surface area contributed by atoms with Crippen molar-refractivity contribution in [3.8, 4) is 5.75 Å². The van der Waals surface area contributed by atoms with Gasteiger partial charge in [-0.2, -0.15) is 0 Å². The zero-order chi connectivity index (χ0) is 21.7. The summed E-state index contributed by atoms with van der Waals surface area (Å²) < 4.78 is 20.1. The monoisotopic (exact) mass is 407 g/mol. The van der Waals surface area contributed by atoms with Gasteiger partial charge in [0.2, 0.25) is 0 Å². The van der Waals surface area contributed by atoms with Crippen molar-refractivity contribution < 1.29 is 23.8 Å². The van der Waals surface area contributed by atoms with Crippen LogP contribution in [-0.4, -0.2) is 17.0 Å². The van der Waals surface area contributed by atoms with Crippen molar-refractivity contribution in [3.05, 3.63) is 94.3 Å². The van der Waals surface area contributed by atoms with Crippen LogP contribution in [0.5, 0.6) is 5.75 Å². The van der Waals surface area contributed by atoms with Crippen LogP contribution in [0.4, 0.5) is 10.1 Å². The van der Waals surface area contributed by atoms with E-state index < -0.39 is 17.7 Å². The van der Waals surface area contributed by atoms with Gasteiger partial charge < -0.3 is 15.2 Å². The second kappa shape index (κ2) is 9.22. The molecule has 5 nitrogen and oxygen atoms in total. The smallest absolute Gasteiger partial charge is 0.307 e. The molecule has 0 fully saturated rings. The Kier molecular flexibility index (Phi) is 6.47. The van der Waals surface area contributed by atoms with E-state index in [9.17, 15) is 14.0 Å². The number of hydrogen-bond acceptors (Lipinski definition) is 3. The minimum Gasteiger partial charge on any atom is -0.489 e. The van der Waals surface area contributed by atoms with Crippen LogP contribution in [0.3, 0.4) is 0 Å². The van der Waals surface area contributed by atoms with Crippen LogP contribution in [0.2, 0.25) is 0 Å². The van der Waals surface area contributed by atoms with Crippen molar-refractivity contribution in [1.82, 2.24) is 0 Å². The van der Waals surface area contributed by atoms with Gasteiger partial charge in [0.15, 0.2) is 0 Å². The normalized spacial score (nSPS) is 10.5. The Bertz CT molecular complexity index is 1090. The second-order valence-electron chi connectivity index (χ2n) is 7.09. The highest BCUT2D eigenvalue weighted by atomic mass is 19.1. The molecule has 0 aliphatic rings. The van der Waals surface area contributed by atoms with E-state index in [1.807, 2.05) is 31.2 Å². The Hall–Kier alpha value is -3.67. The van der Waals surface area contributed by atoms with E-state index in [0.29, 0.717) is 23.5 Å². The minimum absolute atomic E-state index is 0.0142. The van der Waals surface area contributed by atoms with Crippen LogP contribution in [0.15, 0.2) is 60.7 Å². The number of rotatable bonds is 7. The van der Waals surface area contributed by atoms with Crippen LogP contribution >= 0.6 is 0 Å². The molecule has 3 aromatic rings. The van der Waals surface area contributed by atoms with Gasteiger partial charge in [0.05, 0.1) is 12.1 Å². The number of halogens is 1. The Morgan fingerprint density at radius 2 is 1.80 bits per heavy atom. The van der Waals surface area contributed by atoms with Gasteiger partial charge in [-0.3, -0.25) is 9.59 Å². The molecule has 0 saturated heterocycles. The second-order valence-corrected chi connectivity index (χ2v) is 7.09. The maximum Gasteiger partial charge on any atom is 0.307 e. The van der Waals surface area contributed by atoms with Gasteiger partial charge in [-0.1, -0.05) is 42.0 Å². The summed E-state index contributed by atoms with van der Waals surface area (Å²) in [5, 5.41) is 11.3. The summed E-state index contributed by atoms with van der Waals surface area (Å²) in [7, 11) is 0. The Morgan fingerprint density at radius 1 is 1.00 bits per heavy atom. The molecule has 0 heterocycles. The van der Waals surface area contributed by atoms with Crippen LogP contribution in [0.1, 0.15) is 32.6 Å². The SMILES string of the molecule is Cc1cccc(COc2ccc(C)c(C(=O)Nc3ccc(CC(=O)O)cc3F)c2)c1. The van der Waals surface area contributed by atoms with E-state index in [1.54, 1.807) is 25.1 Å². The Labute approximate surface area is 174 Å². The van der Waals surface area contributed by atoms with Gasteiger partial charge in [0.1, 0.15) is 18.2 Å². The number of nitrogens with one attached hydrogen (secondary N) is 1. The molecular weight excluding hydrogens is 385 g/mol. The zero-order valence-electron chi connectivity index (χ0n) is 16.7. The number of carbonyl (C=O) groups excluding carboxylic acids is 1. The summed E-state index contributed by atoms with van der Waals surface area (Å²) in [4.78, 5) is 23.4. The molecule has 0 aromatic heterocycles. The zero-order valence-corrected chi connectivity index (χ0v) is 16.7. The fraction of sp³-hybridized carbons (Fsp3) is 0.167. The lowest BCUT2D eigenvalue weighted by atomic mass is 10.1. The first-order valence-corrected chi connectivity index (χ1v) is 9.42. The summed E-state index contributed by atoms with van der Waals surface area (Å²) in [5.41, 5.74) is 3.55. The lowest BCUT2D eigenvalue weighted by molar-refractivity contribution is -0.136. The molecule has 0 aliphatic carbocycles. The molecule has 154 valence electrons. The van der Waals surface area contributed by atoms with Crippen LogP contribution in [0.25, 0.3) is 0 Å². The molecule has 0 saturated carbocycles. The van der Waals surface area contributed by atoms with E-state index >= 15 is 0 Å². The van der Waals surface area contributed by atoms with E-state index in [1.165, 1.54) is 12.1 Å². The first-order chi connectivity index (χ1) is 14.3. The highest BCUT2D eigenvalue weighted by molar-refractivity contribution is 6.05. The number of benzene rings is 3. The molecule has 0 aliphatic heterocycles. The maximum absolute atomic E-state index is 14.3. The van der Waals surface area contributed by atoms with Crippen molar-refractivity contribution >= 4 is 17.6 Å². The molecule has 0 bridgehead atoms. The highest BCUT2D eigenvalue weighted by Gasteiger charge is 2.14. The Morgan fingerprint density at radius 3 is 2.50 bits per heavy atom. The molecule has 30 heavy (non-hydrogen) atoms. The molecule has 2 N–H and O–H groups in total. The number of anilines is 1. The molecule has 0 unspecified atom stereocenters. The number of aryl methyl sites for hydroxylation is 2. The summed E-state index contributed by atoms with van der Waals surface area (Å²) >= 11 is 0. The largest absolute Gasteiger partial charge is 0.489 e. The van der Waals surface area contributed by atoms with Gasteiger partial charge in [-0.25, -0.2) is 4.39 Å². The van der Waals surface area contributed by atoms with E-state index in [0.717, 1.165) is 22.8 Å². The molecule has 1 amide bonds. The summed E-state index contributed by atoms with van der Waals surface area (Å²) in [6, 6.07) is 17.1. The summed E-state index contributed by atoms with van der Waals surface area (Å²) in [6.45, 7) is 4.15. The number of amides is 1. The van der Waals surface area contributed by atoms with Crippen molar-refractivity contribution in [1.29, 1.82) is 0 Å². The maximum atomic E-state index is 14.3. The first kappa shape index (κ1) is 21.0. The fourth-order valence-electron chi connectivity index (χ4n) is 3.04. The third kappa shape index (κ3) is 5.44. The van der Waals surface area contributed by atoms with E-state index in [2.05, 4.69) is 5.32 Å². The van der Waals surface area contributed by atoms with Gasteiger partial charge in [-0.15, -0.1) is 0 Å². The molecule has 0 radical (unpaired) electrons. The number of carboxylic acids is 1. The third-order valence-electron chi connectivity index (χ3n) is 4.58. The summed E-state index contributed by atoms with van der Waals surface area (Å²) in [5.74, 6) is -1.68. The van der Waals surface area contributed by atoms with Gasteiger partial charge in [-0.05, 0) is 54.8 Å². The van der Waals surface area contributed by atoms with Crippen molar-refractivity contribution in [2.75, 3.05) is 5.32 Å².